The maximum absolute atomic E-state index is 9.02. The first-order chi connectivity index (χ1) is 12.8. The molecule has 0 aromatic heterocycles. The summed E-state index contributed by atoms with van der Waals surface area (Å²) in [7, 11) is 0. The van der Waals surface area contributed by atoms with E-state index in [1.165, 1.54) is 0 Å². The van der Waals surface area contributed by atoms with Crippen molar-refractivity contribution in [3.63, 3.8) is 0 Å². The van der Waals surface area contributed by atoms with Crippen LogP contribution in [0.5, 0.6) is 0 Å². The monoisotopic (exact) mass is 364 g/mol. The lowest BCUT2D eigenvalue weighted by molar-refractivity contribution is 0.0318. The third-order valence-electron chi connectivity index (χ3n) is 4.28. The lowest BCUT2D eigenvalue weighted by Gasteiger charge is -2.35. The van der Waals surface area contributed by atoms with Crippen LogP contribution in [0.4, 0.5) is 0 Å². The highest BCUT2D eigenvalue weighted by Gasteiger charge is 2.37. The molecule has 0 unspecified atom stereocenters. The van der Waals surface area contributed by atoms with E-state index in [0.29, 0.717) is 11.6 Å². The summed E-state index contributed by atoms with van der Waals surface area (Å²) in [4.78, 5) is 0. The predicted octanol–water partition coefficient (Wildman–Crippen LogP) is 5.20. The van der Waals surface area contributed by atoms with E-state index in [0.717, 1.165) is 16.7 Å². The molecule has 0 aliphatic carbocycles. The van der Waals surface area contributed by atoms with Gasteiger partial charge in [0.2, 0.25) is 0 Å². The standard InChI is InChI=1S/C23H21ClO2/c24-22-15-13-21(14-16-22)23(26-18-8-7-17-25,19-9-3-1-4-10-19)20-11-5-2-6-12-20/h1-16,25H,17-18H2/b8-7-. The fourth-order valence-corrected chi connectivity index (χ4v) is 3.22. The van der Waals surface area contributed by atoms with Crippen molar-refractivity contribution in [1.82, 2.24) is 0 Å². The molecule has 0 radical (unpaired) electrons. The van der Waals surface area contributed by atoms with Crippen molar-refractivity contribution in [3.05, 3.63) is 119 Å². The molecule has 0 bridgehead atoms. The summed E-state index contributed by atoms with van der Waals surface area (Å²) in [5, 5.41) is 9.70. The van der Waals surface area contributed by atoms with Crippen LogP contribution < -0.4 is 0 Å². The number of benzene rings is 3. The van der Waals surface area contributed by atoms with Gasteiger partial charge in [-0.3, -0.25) is 0 Å². The fraction of sp³-hybridized carbons (Fsp3) is 0.130. The van der Waals surface area contributed by atoms with Gasteiger partial charge >= 0.3 is 0 Å². The fourth-order valence-electron chi connectivity index (χ4n) is 3.10. The first-order valence-electron chi connectivity index (χ1n) is 8.54. The van der Waals surface area contributed by atoms with E-state index in [-0.39, 0.29) is 6.61 Å². The predicted molar refractivity (Wildman–Crippen MR) is 106 cm³/mol. The van der Waals surface area contributed by atoms with E-state index in [2.05, 4.69) is 24.3 Å². The van der Waals surface area contributed by atoms with Crippen molar-refractivity contribution >= 4 is 11.6 Å². The van der Waals surface area contributed by atoms with Crippen LogP contribution in [0.2, 0.25) is 5.02 Å². The summed E-state index contributed by atoms with van der Waals surface area (Å²) < 4.78 is 6.49. The van der Waals surface area contributed by atoms with Gasteiger partial charge in [-0.25, -0.2) is 0 Å². The highest BCUT2D eigenvalue weighted by Crippen LogP contribution is 2.40. The van der Waals surface area contributed by atoms with Gasteiger partial charge in [0.1, 0.15) is 5.60 Å². The molecule has 3 aromatic rings. The van der Waals surface area contributed by atoms with Gasteiger partial charge in [-0.05, 0) is 28.8 Å². The third-order valence-corrected chi connectivity index (χ3v) is 4.53. The number of halogens is 1. The Morgan fingerprint density at radius 1 is 0.731 bits per heavy atom. The Labute approximate surface area is 159 Å². The Balaban J connectivity index is 2.19. The van der Waals surface area contributed by atoms with E-state index in [1.54, 1.807) is 6.08 Å². The smallest absolute Gasteiger partial charge is 0.144 e. The molecule has 0 saturated carbocycles. The quantitative estimate of drug-likeness (QED) is 0.461. The third kappa shape index (κ3) is 3.88. The summed E-state index contributed by atoms with van der Waals surface area (Å²) in [6, 6.07) is 28.0. The van der Waals surface area contributed by atoms with Crippen LogP contribution >= 0.6 is 11.6 Å². The van der Waals surface area contributed by atoms with Crippen LogP contribution in [-0.2, 0) is 10.3 Å². The van der Waals surface area contributed by atoms with Crippen molar-refractivity contribution in [2.75, 3.05) is 13.2 Å². The normalized spacial score (nSPS) is 11.8. The van der Waals surface area contributed by atoms with Gasteiger partial charge in [-0.1, -0.05) is 96.5 Å². The first kappa shape index (κ1) is 18.4. The Morgan fingerprint density at radius 2 is 1.23 bits per heavy atom. The van der Waals surface area contributed by atoms with Gasteiger partial charge in [0.15, 0.2) is 0 Å². The summed E-state index contributed by atoms with van der Waals surface area (Å²) in [6.45, 7) is 0.362. The summed E-state index contributed by atoms with van der Waals surface area (Å²) >= 11 is 6.12. The number of hydrogen-bond donors (Lipinski definition) is 1. The zero-order chi connectivity index (χ0) is 18.2. The number of hydrogen-bond acceptors (Lipinski definition) is 2. The Morgan fingerprint density at radius 3 is 1.73 bits per heavy atom. The second-order valence-corrected chi connectivity index (χ2v) is 6.32. The maximum atomic E-state index is 9.02. The molecule has 3 aromatic carbocycles. The van der Waals surface area contributed by atoms with Crippen LogP contribution in [0, 0.1) is 0 Å². The molecule has 0 heterocycles. The van der Waals surface area contributed by atoms with Crippen LogP contribution in [0.25, 0.3) is 0 Å². The summed E-state index contributed by atoms with van der Waals surface area (Å²) in [5.74, 6) is 0. The average Bonchev–Trinajstić information content (AvgIpc) is 2.71. The number of rotatable bonds is 7. The number of aliphatic hydroxyl groups is 1. The summed E-state index contributed by atoms with van der Waals surface area (Å²) in [6.07, 6.45) is 3.51. The molecule has 0 aliphatic rings. The number of ether oxygens (including phenoxy) is 1. The molecular formula is C23H21ClO2. The van der Waals surface area contributed by atoms with Gasteiger partial charge in [0.05, 0.1) is 13.2 Å². The topological polar surface area (TPSA) is 29.5 Å². The lowest BCUT2D eigenvalue weighted by atomic mass is 9.80. The highest BCUT2D eigenvalue weighted by molar-refractivity contribution is 6.30. The van der Waals surface area contributed by atoms with Crippen LogP contribution in [0.1, 0.15) is 16.7 Å². The second kappa shape index (κ2) is 8.81. The van der Waals surface area contributed by atoms with Crippen molar-refractivity contribution < 1.29 is 9.84 Å². The molecule has 0 aliphatic heterocycles. The molecule has 1 N–H and O–H groups in total. The maximum Gasteiger partial charge on any atom is 0.144 e. The van der Waals surface area contributed by atoms with Crippen molar-refractivity contribution in [2.45, 2.75) is 5.60 Å². The average molecular weight is 365 g/mol. The lowest BCUT2D eigenvalue weighted by Crippen LogP contribution is -2.33. The van der Waals surface area contributed by atoms with Gasteiger partial charge in [0.25, 0.3) is 0 Å². The van der Waals surface area contributed by atoms with E-state index < -0.39 is 5.60 Å². The first-order valence-corrected chi connectivity index (χ1v) is 8.92. The van der Waals surface area contributed by atoms with Crippen LogP contribution in [-0.4, -0.2) is 18.3 Å². The van der Waals surface area contributed by atoms with Crippen molar-refractivity contribution in [1.29, 1.82) is 0 Å². The van der Waals surface area contributed by atoms with Crippen molar-refractivity contribution in [3.8, 4) is 0 Å². The molecule has 3 heteroatoms. The molecule has 132 valence electrons. The Kier molecular flexibility index (Phi) is 6.24. The minimum Gasteiger partial charge on any atom is -0.392 e. The van der Waals surface area contributed by atoms with E-state index >= 15 is 0 Å². The molecule has 0 amide bonds. The van der Waals surface area contributed by atoms with Crippen LogP contribution in [0.15, 0.2) is 97.1 Å². The molecule has 3 rings (SSSR count). The molecular weight excluding hydrogens is 344 g/mol. The summed E-state index contributed by atoms with van der Waals surface area (Å²) in [5.41, 5.74) is 2.29. The zero-order valence-corrected chi connectivity index (χ0v) is 15.1. The SMILES string of the molecule is OC/C=C\COC(c1ccccc1)(c1ccccc1)c1ccc(Cl)cc1. The van der Waals surface area contributed by atoms with Crippen molar-refractivity contribution in [2.24, 2.45) is 0 Å². The minimum absolute atomic E-state index is 0.00597. The van der Waals surface area contributed by atoms with Gasteiger partial charge in [0, 0.05) is 5.02 Å². The van der Waals surface area contributed by atoms with E-state index in [1.807, 2.05) is 66.7 Å². The highest BCUT2D eigenvalue weighted by atomic mass is 35.5. The Hall–Kier alpha value is -2.39. The minimum atomic E-state index is -0.771. The van der Waals surface area contributed by atoms with E-state index in [9.17, 15) is 0 Å². The molecule has 0 atom stereocenters. The molecule has 0 saturated heterocycles. The molecule has 26 heavy (non-hydrogen) atoms. The molecule has 0 fully saturated rings. The molecule has 2 nitrogen and oxygen atoms in total. The second-order valence-electron chi connectivity index (χ2n) is 5.89. The van der Waals surface area contributed by atoms with Gasteiger partial charge in [-0.2, -0.15) is 0 Å². The van der Waals surface area contributed by atoms with Gasteiger partial charge < -0.3 is 9.84 Å². The Bertz CT molecular complexity index is 788. The largest absolute Gasteiger partial charge is 0.392 e. The number of aliphatic hydroxyl groups excluding tert-OH is 1. The zero-order valence-electron chi connectivity index (χ0n) is 14.4. The van der Waals surface area contributed by atoms with E-state index in [4.69, 9.17) is 21.4 Å². The van der Waals surface area contributed by atoms with Gasteiger partial charge in [-0.15, -0.1) is 0 Å². The van der Waals surface area contributed by atoms with Crippen LogP contribution in [0.3, 0.4) is 0 Å². The molecule has 0 spiro atoms.